The predicted octanol–water partition coefficient (Wildman–Crippen LogP) is 6.38. The van der Waals surface area contributed by atoms with Gasteiger partial charge in [0, 0.05) is 5.54 Å². The lowest BCUT2D eigenvalue weighted by atomic mass is 9.96. The van der Waals surface area contributed by atoms with E-state index in [0.29, 0.717) is 0 Å². The molecule has 0 saturated carbocycles. The van der Waals surface area contributed by atoms with Gasteiger partial charge in [-0.3, -0.25) is 14.6 Å². The summed E-state index contributed by atoms with van der Waals surface area (Å²) in [7, 11) is 0. The molecule has 0 saturated heterocycles. The van der Waals surface area contributed by atoms with Crippen LogP contribution in [-0.4, -0.2) is 34.1 Å². The fraction of sp³-hybridized carbons (Fsp3) is 0.440. The fourth-order valence-corrected chi connectivity index (χ4v) is 3.55. The zero-order valence-electron chi connectivity index (χ0n) is 19.1. The first-order chi connectivity index (χ1) is 13.9. The van der Waals surface area contributed by atoms with E-state index in [0.717, 1.165) is 22.5 Å². The van der Waals surface area contributed by atoms with E-state index < -0.39 is 11.6 Å². The minimum atomic E-state index is -1.11. The van der Waals surface area contributed by atoms with Crippen LogP contribution in [0.4, 0.5) is 16.2 Å². The van der Waals surface area contributed by atoms with Crippen LogP contribution in [0.1, 0.15) is 71.4 Å². The van der Waals surface area contributed by atoms with Crippen molar-refractivity contribution in [2.45, 2.75) is 65.8 Å². The lowest BCUT2D eigenvalue weighted by molar-refractivity contribution is -0.119. The summed E-state index contributed by atoms with van der Waals surface area (Å²) in [6.07, 6.45) is -1.11. The fourth-order valence-electron chi connectivity index (χ4n) is 3.55. The summed E-state index contributed by atoms with van der Waals surface area (Å²) < 4.78 is 0. The topological polar surface area (TPSA) is 60.9 Å². The van der Waals surface area contributed by atoms with Gasteiger partial charge in [-0.15, -0.1) is 0 Å². The molecule has 1 N–H and O–H groups in total. The summed E-state index contributed by atoms with van der Waals surface area (Å²) in [5, 5.41) is 9.72. The Labute approximate surface area is 180 Å². The van der Waals surface area contributed by atoms with Crippen LogP contribution in [0.5, 0.6) is 0 Å². The van der Waals surface area contributed by atoms with Crippen molar-refractivity contribution < 1.29 is 14.7 Å². The molecule has 2 rings (SSSR count). The van der Waals surface area contributed by atoms with E-state index in [1.165, 1.54) is 4.90 Å². The van der Waals surface area contributed by atoms with E-state index in [1.54, 1.807) is 25.7 Å². The number of amides is 2. The van der Waals surface area contributed by atoms with Crippen LogP contribution in [0.3, 0.4) is 0 Å². The van der Waals surface area contributed by atoms with E-state index >= 15 is 0 Å². The number of rotatable bonds is 6. The third-order valence-electron chi connectivity index (χ3n) is 5.18. The third-order valence-corrected chi connectivity index (χ3v) is 5.18. The van der Waals surface area contributed by atoms with Crippen molar-refractivity contribution in [3.05, 3.63) is 59.7 Å². The van der Waals surface area contributed by atoms with Crippen LogP contribution in [-0.2, 0) is 4.79 Å². The van der Waals surface area contributed by atoms with Gasteiger partial charge < -0.3 is 5.11 Å². The van der Waals surface area contributed by atoms with Gasteiger partial charge in [0.2, 0.25) is 0 Å². The Morgan fingerprint density at radius 2 is 1.23 bits per heavy atom. The van der Waals surface area contributed by atoms with Crippen molar-refractivity contribution in [1.82, 2.24) is 4.90 Å². The number of carboxylic acid groups (broad SMARTS) is 1. The Balaban J connectivity index is 2.67. The maximum absolute atomic E-state index is 13.7. The second-order valence-corrected chi connectivity index (χ2v) is 9.20. The molecule has 5 heteroatoms. The Hall–Kier alpha value is -2.82. The van der Waals surface area contributed by atoms with E-state index in [9.17, 15) is 14.7 Å². The Bertz CT molecular complexity index is 846. The SMILES string of the molecule is CC(C)c1ccccc1N(C(=O)CN(C(=O)O)C(C)(C)C)c1ccccc1C(C)C. The number of nitrogens with zero attached hydrogens (tertiary/aromatic N) is 2. The summed E-state index contributed by atoms with van der Waals surface area (Å²) in [4.78, 5) is 28.5. The largest absolute Gasteiger partial charge is 0.465 e. The Morgan fingerprint density at radius 1 is 0.833 bits per heavy atom. The second-order valence-electron chi connectivity index (χ2n) is 9.20. The van der Waals surface area contributed by atoms with Crippen LogP contribution in [0, 0.1) is 0 Å². The lowest BCUT2D eigenvalue weighted by Gasteiger charge is -2.35. The minimum Gasteiger partial charge on any atom is -0.465 e. The molecule has 0 heterocycles. The van der Waals surface area contributed by atoms with Gasteiger partial charge in [-0.1, -0.05) is 64.1 Å². The molecule has 0 radical (unpaired) electrons. The highest BCUT2D eigenvalue weighted by Crippen LogP contribution is 2.37. The van der Waals surface area contributed by atoms with Crippen molar-refractivity contribution in [1.29, 1.82) is 0 Å². The smallest absolute Gasteiger partial charge is 0.408 e. The monoisotopic (exact) mass is 410 g/mol. The molecule has 0 aliphatic carbocycles. The molecule has 2 aromatic carbocycles. The molecule has 0 aliphatic rings. The highest BCUT2D eigenvalue weighted by atomic mass is 16.4. The van der Waals surface area contributed by atoms with Gasteiger partial charge in [0.1, 0.15) is 6.54 Å². The van der Waals surface area contributed by atoms with E-state index in [1.807, 2.05) is 48.5 Å². The molecule has 162 valence electrons. The lowest BCUT2D eigenvalue weighted by Crippen LogP contribution is -2.50. The third kappa shape index (κ3) is 5.21. The quantitative estimate of drug-likeness (QED) is 0.601. The van der Waals surface area contributed by atoms with Crippen LogP contribution in [0.2, 0.25) is 0 Å². The molecule has 2 amide bonds. The molecule has 0 aliphatic heterocycles. The normalized spacial score (nSPS) is 11.6. The molecule has 30 heavy (non-hydrogen) atoms. The number of anilines is 2. The number of hydrogen-bond donors (Lipinski definition) is 1. The molecule has 0 aromatic heterocycles. The number of carbonyl (C=O) groups excluding carboxylic acids is 1. The number of carbonyl (C=O) groups is 2. The maximum atomic E-state index is 13.7. The molecular formula is C25H34N2O3. The van der Waals surface area contributed by atoms with E-state index in [4.69, 9.17) is 0 Å². The average molecular weight is 411 g/mol. The Morgan fingerprint density at radius 3 is 1.57 bits per heavy atom. The highest BCUT2D eigenvalue weighted by Gasteiger charge is 2.32. The van der Waals surface area contributed by atoms with Gasteiger partial charge >= 0.3 is 6.09 Å². The molecule has 0 unspecified atom stereocenters. The van der Waals surface area contributed by atoms with Crippen molar-refractivity contribution in [3.8, 4) is 0 Å². The summed E-state index contributed by atoms with van der Waals surface area (Å²) >= 11 is 0. The maximum Gasteiger partial charge on any atom is 0.408 e. The molecule has 0 atom stereocenters. The minimum absolute atomic E-state index is 0.209. The average Bonchev–Trinajstić information content (AvgIpc) is 2.65. The first kappa shape index (κ1) is 23.5. The first-order valence-electron chi connectivity index (χ1n) is 10.5. The molecule has 0 bridgehead atoms. The highest BCUT2D eigenvalue weighted by molar-refractivity contribution is 6.04. The summed E-state index contributed by atoms with van der Waals surface area (Å²) in [6.45, 7) is 13.5. The van der Waals surface area contributed by atoms with Crippen LogP contribution >= 0.6 is 0 Å². The van der Waals surface area contributed by atoms with Crippen LogP contribution < -0.4 is 4.90 Å². The van der Waals surface area contributed by atoms with Crippen molar-refractivity contribution in [3.63, 3.8) is 0 Å². The molecule has 2 aromatic rings. The van der Waals surface area contributed by atoms with E-state index in [-0.39, 0.29) is 24.3 Å². The summed E-state index contributed by atoms with van der Waals surface area (Å²) in [5.41, 5.74) is 2.99. The van der Waals surface area contributed by atoms with Gasteiger partial charge in [0.25, 0.3) is 5.91 Å². The zero-order chi connectivity index (χ0) is 22.6. The van der Waals surface area contributed by atoms with Gasteiger partial charge in [-0.2, -0.15) is 0 Å². The number of hydrogen-bond acceptors (Lipinski definition) is 2. The van der Waals surface area contributed by atoms with Gasteiger partial charge in [-0.25, -0.2) is 4.79 Å². The number of para-hydroxylation sites is 2. The number of benzene rings is 2. The van der Waals surface area contributed by atoms with Crippen molar-refractivity contribution >= 4 is 23.4 Å². The predicted molar refractivity (Wildman–Crippen MR) is 123 cm³/mol. The summed E-state index contributed by atoms with van der Waals surface area (Å²) in [5.74, 6) is 0.148. The molecule has 0 spiro atoms. The van der Waals surface area contributed by atoms with E-state index in [2.05, 4.69) is 27.7 Å². The van der Waals surface area contributed by atoms with Gasteiger partial charge in [0.15, 0.2) is 0 Å². The molecule has 5 nitrogen and oxygen atoms in total. The molecule has 0 fully saturated rings. The van der Waals surface area contributed by atoms with Crippen LogP contribution in [0.25, 0.3) is 0 Å². The van der Waals surface area contributed by atoms with Crippen LogP contribution in [0.15, 0.2) is 48.5 Å². The molecular weight excluding hydrogens is 376 g/mol. The van der Waals surface area contributed by atoms with Gasteiger partial charge in [-0.05, 0) is 55.9 Å². The summed E-state index contributed by atoms with van der Waals surface area (Å²) in [6, 6.07) is 15.7. The standard InChI is InChI=1S/C25H34N2O3/c1-17(2)19-12-8-10-14-21(19)27(22-15-11-9-13-20(22)18(3)4)23(28)16-26(24(29)30)25(5,6)7/h8-15,17-18H,16H2,1-7H3,(H,29,30). The van der Waals surface area contributed by atoms with Crippen molar-refractivity contribution in [2.24, 2.45) is 0 Å². The second kappa shape index (κ2) is 9.33. The van der Waals surface area contributed by atoms with Gasteiger partial charge in [0.05, 0.1) is 11.4 Å². The Kier molecular flexibility index (Phi) is 7.30. The first-order valence-corrected chi connectivity index (χ1v) is 10.5. The van der Waals surface area contributed by atoms with Crippen molar-refractivity contribution in [2.75, 3.05) is 11.4 Å². The zero-order valence-corrected chi connectivity index (χ0v) is 19.1.